The molecule has 4 rings (SSSR count). The third-order valence-electron chi connectivity index (χ3n) is 5.94. The van der Waals surface area contributed by atoms with Gasteiger partial charge in [-0.05, 0) is 64.7 Å². The number of hydrogen-bond acceptors (Lipinski definition) is 5. The van der Waals surface area contributed by atoms with Crippen LogP contribution in [0.15, 0.2) is 0 Å². The second-order valence-corrected chi connectivity index (χ2v) is 11.1. The minimum absolute atomic E-state index is 0.0263. The van der Waals surface area contributed by atoms with Crippen LogP contribution in [0.25, 0.3) is 0 Å². The van der Waals surface area contributed by atoms with Crippen LogP contribution in [0.4, 0.5) is 13.2 Å². The maximum absolute atomic E-state index is 12.7. The van der Waals surface area contributed by atoms with Gasteiger partial charge in [0.2, 0.25) is 5.91 Å². The van der Waals surface area contributed by atoms with E-state index in [2.05, 4.69) is 0 Å². The van der Waals surface area contributed by atoms with Crippen molar-refractivity contribution in [2.45, 2.75) is 70.4 Å². The molecule has 4 saturated carbocycles. The highest BCUT2D eigenvalue weighted by atomic mass is 32.2. The van der Waals surface area contributed by atoms with Crippen LogP contribution in [-0.2, 0) is 24.3 Å². The number of esters is 1. The van der Waals surface area contributed by atoms with E-state index in [9.17, 15) is 31.2 Å². The molecule has 4 fully saturated rings. The lowest BCUT2D eigenvalue weighted by atomic mass is 9.47. The van der Waals surface area contributed by atoms with Crippen LogP contribution in [0.5, 0.6) is 0 Å². The van der Waals surface area contributed by atoms with Crippen LogP contribution in [-0.4, -0.2) is 31.4 Å². The highest BCUT2D eigenvalue weighted by Gasteiger charge is 2.63. The summed E-state index contributed by atoms with van der Waals surface area (Å²) in [6, 6.07) is 0. The van der Waals surface area contributed by atoms with Gasteiger partial charge in [0.15, 0.2) is 0 Å². The Morgan fingerprint density at radius 1 is 1.04 bits per heavy atom. The van der Waals surface area contributed by atoms with Crippen molar-refractivity contribution < 1.29 is 35.9 Å². The number of amides is 1. The van der Waals surface area contributed by atoms with Crippen molar-refractivity contribution in [1.29, 1.82) is 0 Å². The fourth-order valence-electron chi connectivity index (χ4n) is 5.20. The molecule has 10 heteroatoms. The van der Waals surface area contributed by atoms with E-state index in [-0.39, 0.29) is 18.3 Å². The Morgan fingerprint density at radius 2 is 1.56 bits per heavy atom. The number of nitrogens with one attached hydrogen (secondary N) is 1. The van der Waals surface area contributed by atoms with Crippen molar-refractivity contribution in [1.82, 2.24) is 4.72 Å². The number of alkyl halides is 3. The highest BCUT2D eigenvalue weighted by molar-refractivity contribution is 7.90. The third kappa shape index (κ3) is 3.56. The summed E-state index contributed by atoms with van der Waals surface area (Å²) in [5.74, 6) is -1.51. The van der Waals surface area contributed by atoms with Gasteiger partial charge in [0.05, 0.1) is 10.8 Å². The summed E-state index contributed by atoms with van der Waals surface area (Å²) < 4.78 is 67.8. The summed E-state index contributed by atoms with van der Waals surface area (Å²) in [4.78, 5) is 25.1. The second kappa shape index (κ2) is 5.84. The van der Waals surface area contributed by atoms with Crippen molar-refractivity contribution in [3.63, 3.8) is 0 Å². The topological polar surface area (TPSA) is 89.5 Å². The van der Waals surface area contributed by atoms with Crippen molar-refractivity contribution in [3.05, 3.63) is 0 Å². The molecular formula is C17H24F3NO5S. The first-order valence-electron chi connectivity index (χ1n) is 8.95. The summed E-state index contributed by atoms with van der Waals surface area (Å²) >= 11 is 0. The number of carbonyl (C=O) groups excluding carboxylic acids is 2. The molecule has 6 nitrogen and oxygen atoms in total. The molecule has 1 amide bonds. The molecule has 4 aliphatic carbocycles. The van der Waals surface area contributed by atoms with Gasteiger partial charge in [0.1, 0.15) is 5.60 Å². The average Bonchev–Trinajstić information content (AvgIpc) is 2.42. The van der Waals surface area contributed by atoms with Gasteiger partial charge in [-0.1, -0.05) is 0 Å². The van der Waals surface area contributed by atoms with Gasteiger partial charge in [-0.15, -0.1) is 0 Å². The number of carbonyl (C=O) groups is 2. The molecule has 0 aromatic heterocycles. The maximum atomic E-state index is 12.7. The quantitative estimate of drug-likeness (QED) is 0.722. The number of sulfonamides is 1. The summed E-state index contributed by atoms with van der Waals surface area (Å²) in [5, 5.41) is 0. The van der Waals surface area contributed by atoms with Crippen molar-refractivity contribution in [3.8, 4) is 0 Å². The Morgan fingerprint density at radius 3 is 2.00 bits per heavy atom. The molecule has 0 heterocycles. The van der Waals surface area contributed by atoms with Crippen LogP contribution < -0.4 is 4.72 Å². The Hall–Kier alpha value is -1.32. The van der Waals surface area contributed by atoms with Crippen molar-refractivity contribution in [2.24, 2.45) is 22.7 Å². The summed E-state index contributed by atoms with van der Waals surface area (Å²) in [7, 11) is -5.76. The summed E-state index contributed by atoms with van der Waals surface area (Å²) in [5.41, 5.74) is -8.46. The largest absolute Gasteiger partial charge is 0.516 e. The number of ether oxygens (including phenoxy) is 1. The molecule has 0 aromatic rings. The van der Waals surface area contributed by atoms with E-state index >= 15 is 0 Å². The molecule has 1 N–H and O–H groups in total. The van der Waals surface area contributed by atoms with Crippen LogP contribution in [0, 0.1) is 22.7 Å². The lowest BCUT2D eigenvalue weighted by Crippen LogP contribution is -2.62. The van der Waals surface area contributed by atoms with E-state index in [1.54, 1.807) is 20.8 Å². The molecule has 0 aromatic carbocycles. The molecule has 0 aliphatic heterocycles. The van der Waals surface area contributed by atoms with Crippen LogP contribution in [0.2, 0.25) is 0 Å². The molecule has 4 aliphatic rings. The predicted octanol–water partition coefficient (Wildman–Crippen LogP) is 2.88. The first-order chi connectivity index (χ1) is 12.1. The van der Waals surface area contributed by atoms with Crippen LogP contribution in [0.3, 0.4) is 0 Å². The van der Waals surface area contributed by atoms with Gasteiger partial charge in [0.25, 0.3) is 0 Å². The minimum Gasteiger partial charge on any atom is -0.459 e. The van der Waals surface area contributed by atoms with Crippen LogP contribution in [0.1, 0.15) is 59.3 Å². The zero-order chi connectivity index (χ0) is 20.5. The van der Waals surface area contributed by atoms with Gasteiger partial charge in [0, 0.05) is 6.42 Å². The van der Waals surface area contributed by atoms with E-state index in [4.69, 9.17) is 4.74 Å². The molecule has 0 radical (unpaired) electrons. The Balaban J connectivity index is 1.87. The fraction of sp³-hybridized carbons (Fsp3) is 0.882. The predicted molar refractivity (Wildman–Crippen MR) is 88.5 cm³/mol. The smallest absolute Gasteiger partial charge is 0.459 e. The average molecular weight is 411 g/mol. The number of halogens is 3. The lowest BCUT2D eigenvalue weighted by Gasteiger charge is -2.60. The van der Waals surface area contributed by atoms with Gasteiger partial charge in [-0.25, -0.2) is 4.72 Å². The fourth-order valence-corrected chi connectivity index (χ4v) is 5.78. The van der Waals surface area contributed by atoms with E-state index in [1.807, 2.05) is 0 Å². The Bertz CT molecular complexity index is 754. The van der Waals surface area contributed by atoms with E-state index < -0.39 is 43.8 Å². The van der Waals surface area contributed by atoms with E-state index in [0.29, 0.717) is 25.7 Å². The SMILES string of the molecule is CC(C)(C)C(=O)OC12CC3CC(C1)CC(C(=O)NS(=O)(=O)C(F)(F)F)(C3)C2. The maximum Gasteiger partial charge on any atom is 0.516 e. The van der Waals surface area contributed by atoms with Crippen molar-refractivity contribution in [2.75, 3.05) is 0 Å². The summed E-state index contributed by atoms with van der Waals surface area (Å²) in [6.07, 6.45) is 2.64. The molecule has 2 unspecified atom stereocenters. The van der Waals surface area contributed by atoms with E-state index in [0.717, 1.165) is 6.42 Å². The number of hydrogen-bond donors (Lipinski definition) is 1. The molecular weight excluding hydrogens is 387 g/mol. The minimum atomic E-state index is -5.76. The Kier molecular flexibility index (Phi) is 4.42. The molecule has 0 spiro atoms. The van der Waals surface area contributed by atoms with E-state index in [1.165, 1.54) is 4.72 Å². The van der Waals surface area contributed by atoms with Crippen LogP contribution >= 0.6 is 0 Å². The normalized spacial score (nSPS) is 35.8. The summed E-state index contributed by atoms with van der Waals surface area (Å²) in [6.45, 7) is 5.11. The molecule has 0 saturated heterocycles. The zero-order valence-corrected chi connectivity index (χ0v) is 16.3. The van der Waals surface area contributed by atoms with Gasteiger partial charge in [-0.2, -0.15) is 21.6 Å². The monoisotopic (exact) mass is 411 g/mol. The third-order valence-corrected chi connectivity index (χ3v) is 7.01. The van der Waals surface area contributed by atoms with Gasteiger partial charge >= 0.3 is 21.5 Å². The molecule has 2 atom stereocenters. The highest BCUT2D eigenvalue weighted by Crippen LogP contribution is 2.63. The zero-order valence-electron chi connectivity index (χ0n) is 15.5. The molecule has 154 valence electrons. The first kappa shape index (κ1) is 20.4. The number of rotatable bonds is 3. The Labute approximate surface area is 156 Å². The van der Waals surface area contributed by atoms with Gasteiger partial charge in [-0.3, -0.25) is 9.59 Å². The lowest BCUT2D eigenvalue weighted by molar-refractivity contribution is -0.209. The molecule has 27 heavy (non-hydrogen) atoms. The molecule has 4 bridgehead atoms. The van der Waals surface area contributed by atoms with Gasteiger partial charge < -0.3 is 4.74 Å². The van der Waals surface area contributed by atoms with Crippen molar-refractivity contribution >= 4 is 21.9 Å². The first-order valence-corrected chi connectivity index (χ1v) is 10.4. The standard InChI is InChI=1S/C17H24F3NO5S/c1-14(2,3)13(23)26-16-7-10-4-11(8-16)6-15(5-10,9-16)12(22)21-27(24,25)17(18,19)20/h10-11H,4-9H2,1-3H3,(H,21,22). The second-order valence-electron chi connectivity index (χ2n) is 9.44.